The summed E-state index contributed by atoms with van der Waals surface area (Å²) in [5.74, 6) is 1.05. The van der Waals surface area contributed by atoms with Crippen molar-refractivity contribution in [3.8, 4) is 11.5 Å². The van der Waals surface area contributed by atoms with E-state index in [0.29, 0.717) is 42.2 Å². The van der Waals surface area contributed by atoms with E-state index < -0.39 is 5.60 Å². The fraction of sp³-hybridized carbons (Fsp3) is 0.483. The quantitative estimate of drug-likeness (QED) is 0.528. The van der Waals surface area contributed by atoms with Crippen LogP contribution in [-0.2, 0) is 20.9 Å². The lowest BCUT2D eigenvalue weighted by molar-refractivity contribution is -0.143. The second-order valence-electron chi connectivity index (χ2n) is 9.82. The van der Waals surface area contributed by atoms with Gasteiger partial charge in [0.25, 0.3) is 0 Å². The summed E-state index contributed by atoms with van der Waals surface area (Å²) in [5.41, 5.74) is 5.73. The van der Waals surface area contributed by atoms with Crippen molar-refractivity contribution in [3.63, 3.8) is 0 Å². The first-order chi connectivity index (χ1) is 17.6. The first-order valence-corrected chi connectivity index (χ1v) is 13.1. The van der Waals surface area contributed by atoms with Crippen molar-refractivity contribution in [2.45, 2.75) is 63.7 Å². The van der Waals surface area contributed by atoms with Gasteiger partial charge in [-0.05, 0) is 69.2 Å². The maximum Gasteiger partial charge on any atom is 0.339 e. The van der Waals surface area contributed by atoms with Gasteiger partial charge in [-0.25, -0.2) is 4.79 Å². The highest BCUT2D eigenvalue weighted by Gasteiger charge is 2.49. The van der Waals surface area contributed by atoms with Gasteiger partial charge in [-0.1, -0.05) is 30.3 Å². The number of likely N-dealkylation sites (tertiary alicyclic amines) is 1. The van der Waals surface area contributed by atoms with Gasteiger partial charge in [-0.15, -0.1) is 0 Å². The lowest BCUT2D eigenvalue weighted by atomic mass is 9.82. The molecule has 7 nitrogen and oxygen atoms in total. The second-order valence-corrected chi connectivity index (χ2v) is 9.82. The molecule has 1 spiro atoms. The molecular weight excluding hydrogens is 456 g/mol. The van der Waals surface area contributed by atoms with Crippen molar-refractivity contribution in [2.75, 3.05) is 26.8 Å². The number of carbonyl (C=O) groups excluding carboxylic acids is 1. The normalized spacial score (nSPS) is 19.9. The van der Waals surface area contributed by atoms with Gasteiger partial charge in [0.05, 0.1) is 31.1 Å². The van der Waals surface area contributed by atoms with Crippen molar-refractivity contribution in [1.29, 1.82) is 0 Å². The Labute approximate surface area is 213 Å². The average Bonchev–Trinajstić information content (AvgIpc) is 3.54. The molecule has 2 aromatic carbocycles. The number of nitrogens with one attached hydrogen (secondary N) is 1. The Hall–Kier alpha value is -3.03. The van der Waals surface area contributed by atoms with Crippen LogP contribution < -0.4 is 15.0 Å². The summed E-state index contributed by atoms with van der Waals surface area (Å²) >= 11 is 0. The van der Waals surface area contributed by atoms with Crippen LogP contribution in [-0.4, -0.2) is 49.4 Å². The van der Waals surface area contributed by atoms with Crippen molar-refractivity contribution in [3.05, 3.63) is 65.2 Å². The van der Waals surface area contributed by atoms with Crippen LogP contribution in [0.3, 0.4) is 0 Å². The van der Waals surface area contributed by atoms with Crippen LogP contribution in [0.4, 0.5) is 0 Å². The molecule has 0 unspecified atom stereocenters. The van der Waals surface area contributed by atoms with Crippen molar-refractivity contribution >= 4 is 11.7 Å². The molecule has 1 saturated carbocycles. The highest BCUT2D eigenvalue weighted by Crippen LogP contribution is 2.43. The van der Waals surface area contributed by atoms with Crippen LogP contribution in [0, 0.1) is 0 Å². The highest BCUT2D eigenvalue weighted by atomic mass is 16.7. The zero-order valence-corrected chi connectivity index (χ0v) is 21.3. The van der Waals surface area contributed by atoms with Crippen LogP contribution in [0.2, 0.25) is 0 Å². The predicted octanol–water partition coefficient (Wildman–Crippen LogP) is 4.86. The van der Waals surface area contributed by atoms with E-state index in [2.05, 4.69) is 34.6 Å². The Kier molecular flexibility index (Phi) is 7.48. The zero-order chi connectivity index (χ0) is 25.0. The Morgan fingerprint density at radius 3 is 2.53 bits per heavy atom. The molecule has 2 aliphatic heterocycles. The molecule has 2 heterocycles. The van der Waals surface area contributed by atoms with E-state index in [4.69, 9.17) is 19.0 Å². The molecule has 0 atom stereocenters. The number of hydroxylamine groups is 1. The van der Waals surface area contributed by atoms with Gasteiger partial charge in [0.2, 0.25) is 0 Å². The summed E-state index contributed by atoms with van der Waals surface area (Å²) in [7, 11) is 1.65. The maximum absolute atomic E-state index is 13.3. The average molecular weight is 493 g/mol. The monoisotopic (exact) mass is 492 g/mol. The third kappa shape index (κ3) is 5.08. The van der Waals surface area contributed by atoms with Crippen molar-refractivity contribution < 1.29 is 23.8 Å². The number of carbonyl (C=O) groups is 1. The second kappa shape index (κ2) is 10.9. The number of piperidine rings is 1. The van der Waals surface area contributed by atoms with Gasteiger partial charge in [-0.3, -0.25) is 15.2 Å². The van der Waals surface area contributed by atoms with E-state index in [1.54, 1.807) is 7.11 Å². The van der Waals surface area contributed by atoms with E-state index in [0.717, 1.165) is 38.0 Å². The fourth-order valence-electron chi connectivity index (χ4n) is 5.55. The summed E-state index contributed by atoms with van der Waals surface area (Å²) in [4.78, 5) is 21.9. The largest absolute Gasteiger partial charge is 0.493 e. The number of ether oxygens (including phenoxy) is 3. The Morgan fingerprint density at radius 1 is 1.08 bits per heavy atom. The minimum absolute atomic E-state index is 0.195. The smallest absolute Gasteiger partial charge is 0.339 e. The molecule has 36 heavy (non-hydrogen) atoms. The summed E-state index contributed by atoms with van der Waals surface area (Å²) < 4.78 is 17.4. The van der Waals surface area contributed by atoms with Crippen LogP contribution in [0.15, 0.2) is 54.1 Å². The lowest BCUT2D eigenvalue weighted by Gasteiger charge is -2.38. The lowest BCUT2D eigenvalue weighted by Crippen LogP contribution is -2.47. The van der Waals surface area contributed by atoms with Crippen LogP contribution in [0.25, 0.3) is 5.70 Å². The third-order valence-electron chi connectivity index (χ3n) is 7.49. The minimum atomic E-state index is -0.721. The number of rotatable bonds is 8. The molecule has 3 aliphatic rings. The molecule has 0 radical (unpaired) electrons. The van der Waals surface area contributed by atoms with Crippen LogP contribution >= 0.6 is 0 Å². The number of hydrogen-bond acceptors (Lipinski definition) is 7. The number of nitrogens with zero attached hydrogens (tertiary/aromatic N) is 1. The van der Waals surface area contributed by atoms with Gasteiger partial charge in [0.1, 0.15) is 5.60 Å². The molecule has 1 aliphatic carbocycles. The summed E-state index contributed by atoms with van der Waals surface area (Å²) in [6.07, 6.45) is 6.06. The minimum Gasteiger partial charge on any atom is -0.493 e. The van der Waals surface area contributed by atoms with E-state index >= 15 is 0 Å². The molecular formula is C29H36N2O5. The molecule has 1 saturated heterocycles. The van der Waals surface area contributed by atoms with Crippen molar-refractivity contribution in [2.24, 2.45) is 0 Å². The Balaban J connectivity index is 1.42. The topological polar surface area (TPSA) is 69.3 Å². The summed E-state index contributed by atoms with van der Waals surface area (Å²) in [6, 6.07) is 16.2. The van der Waals surface area contributed by atoms with Gasteiger partial charge in [0.15, 0.2) is 11.5 Å². The molecule has 0 amide bonds. The van der Waals surface area contributed by atoms with E-state index in [1.807, 2.05) is 31.2 Å². The van der Waals surface area contributed by atoms with Gasteiger partial charge in [-0.2, -0.15) is 0 Å². The Bertz CT molecular complexity index is 1090. The standard InChI is InChI=1S/C29H36N2O5/c1-3-34-28(32)26-27(22-13-14-24(33-2)25(19-22)35-23-11-7-8-12-23)30-36-29(26)15-17-31(18-16-29)20-21-9-5-4-6-10-21/h4-6,9-10,13-14,19,23,30H,3,7-8,11-12,15-18,20H2,1-2H3. The van der Waals surface area contributed by atoms with E-state index in [9.17, 15) is 4.79 Å². The first-order valence-electron chi connectivity index (χ1n) is 13.1. The number of esters is 1. The molecule has 7 heteroatoms. The highest BCUT2D eigenvalue weighted by molar-refractivity contribution is 6.00. The van der Waals surface area contributed by atoms with E-state index in [-0.39, 0.29) is 12.1 Å². The fourth-order valence-corrected chi connectivity index (χ4v) is 5.55. The Morgan fingerprint density at radius 2 is 1.83 bits per heavy atom. The van der Waals surface area contributed by atoms with Crippen LogP contribution in [0.5, 0.6) is 11.5 Å². The number of hydrogen-bond donors (Lipinski definition) is 1. The molecule has 0 bridgehead atoms. The van der Waals surface area contributed by atoms with E-state index in [1.165, 1.54) is 18.4 Å². The zero-order valence-electron chi connectivity index (χ0n) is 21.3. The van der Waals surface area contributed by atoms with Crippen LogP contribution in [0.1, 0.15) is 56.6 Å². The summed E-state index contributed by atoms with van der Waals surface area (Å²) in [5, 5.41) is 0. The first kappa shape index (κ1) is 24.7. The van der Waals surface area contributed by atoms with Gasteiger partial charge < -0.3 is 14.2 Å². The molecule has 192 valence electrons. The van der Waals surface area contributed by atoms with Gasteiger partial charge in [0, 0.05) is 25.2 Å². The molecule has 5 rings (SSSR count). The third-order valence-corrected chi connectivity index (χ3v) is 7.49. The predicted molar refractivity (Wildman–Crippen MR) is 137 cm³/mol. The molecule has 1 N–H and O–H groups in total. The number of benzene rings is 2. The molecule has 2 aromatic rings. The SMILES string of the molecule is CCOC(=O)C1=C(c2ccc(OC)c(OC3CCCC3)c2)NOC12CCN(Cc1ccccc1)CC2. The van der Waals surface area contributed by atoms with Crippen molar-refractivity contribution in [1.82, 2.24) is 10.4 Å². The van der Waals surface area contributed by atoms with Gasteiger partial charge >= 0.3 is 5.97 Å². The molecule has 0 aromatic heterocycles. The molecule has 2 fully saturated rings. The maximum atomic E-state index is 13.3. The number of methoxy groups -OCH3 is 1. The summed E-state index contributed by atoms with van der Waals surface area (Å²) in [6.45, 7) is 4.68.